The van der Waals surface area contributed by atoms with Crippen LogP contribution in [0, 0.1) is 0 Å². The molecule has 1 fully saturated rings. The van der Waals surface area contributed by atoms with Crippen LogP contribution in [0.25, 0.3) is 5.57 Å². The molecule has 6 heteroatoms. The number of aromatic nitrogens is 1. The fraction of sp³-hybridized carbons (Fsp3) is 0.318. The Morgan fingerprint density at radius 2 is 1.68 bits per heavy atom. The minimum Gasteiger partial charge on any atom is -0.383 e. The minimum atomic E-state index is 0.0651. The fourth-order valence-corrected chi connectivity index (χ4v) is 3.29. The van der Waals surface area contributed by atoms with E-state index in [2.05, 4.69) is 16.9 Å². The second kappa shape index (κ2) is 8.80. The van der Waals surface area contributed by atoms with E-state index in [0.717, 1.165) is 49.2 Å². The third-order valence-corrected chi connectivity index (χ3v) is 4.89. The number of piperazine rings is 1. The molecule has 1 aromatic carbocycles. The third kappa shape index (κ3) is 4.46. The summed E-state index contributed by atoms with van der Waals surface area (Å²) in [7, 11) is 5.95. The molecule has 1 aliphatic rings. The van der Waals surface area contributed by atoms with E-state index >= 15 is 0 Å². The van der Waals surface area contributed by atoms with Crippen molar-refractivity contribution < 1.29 is 9.59 Å². The molecule has 1 saturated heterocycles. The summed E-state index contributed by atoms with van der Waals surface area (Å²) in [6.45, 7) is 3.30. The van der Waals surface area contributed by atoms with Crippen LogP contribution in [0.1, 0.15) is 31.8 Å². The summed E-state index contributed by atoms with van der Waals surface area (Å²) in [6, 6.07) is 9.44. The molecule has 0 spiro atoms. The topological polar surface area (TPSA) is 56.8 Å². The molecule has 0 radical (unpaired) electrons. The van der Waals surface area contributed by atoms with E-state index in [1.54, 1.807) is 12.4 Å². The van der Waals surface area contributed by atoms with Crippen LogP contribution in [0.4, 0.5) is 0 Å². The van der Waals surface area contributed by atoms with Crippen molar-refractivity contribution in [2.45, 2.75) is 0 Å². The molecule has 0 aliphatic carbocycles. The van der Waals surface area contributed by atoms with Crippen molar-refractivity contribution in [1.82, 2.24) is 19.7 Å². The number of aldehydes is 1. The molecule has 1 amide bonds. The number of carbonyl (C=O) groups is 2. The van der Waals surface area contributed by atoms with Gasteiger partial charge in [-0.2, -0.15) is 0 Å². The van der Waals surface area contributed by atoms with Crippen LogP contribution in [0.15, 0.2) is 48.9 Å². The van der Waals surface area contributed by atoms with Crippen molar-refractivity contribution in [2.24, 2.45) is 0 Å². The van der Waals surface area contributed by atoms with Gasteiger partial charge in [-0.1, -0.05) is 12.1 Å². The SMILES string of the molecule is CN(C)/C=C(/c1ccc(C(=O)N2CCN(C)CC2)cc1)c1ccncc1C=O. The van der Waals surface area contributed by atoms with E-state index in [1.165, 1.54) is 0 Å². The predicted molar refractivity (Wildman–Crippen MR) is 110 cm³/mol. The largest absolute Gasteiger partial charge is 0.383 e. The highest BCUT2D eigenvalue weighted by atomic mass is 16.2. The van der Waals surface area contributed by atoms with Gasteiger partial charge in [-0.15, -0.1) is 0 Å². The van der Waals surface area contributed by atoms with Crippen LogP contribution in [-0.4, -0.2) is 79.2 Å². The normalized spacial score (nSPS) is 15.4. The molecule has 0 bridgehead atoms. The number of rotatable bonds is 5. The number of hydrogen-bond donors (Lipinski definition) is 0. The Hall–Kier alpha value is -2.99. The predicted octanol–water partition coefficient (Wildman–Crippen LogP) is 2.23. The van der Waals surface area contributed by atoms with E-state index in [0.29, 0.717) is 11.1 Å². The van der Waals surface area contributed by atoms with Gasteiger partial charge in [-0.05, 0) is 36.4 Å². The lowest BCUT2D eigenvalue weighted by Crippen LogP contribution is -2.47. The standard InChI is InChI=1S/C22H26N4O2/c1-24(2)15-21(20-8-9-23-14-19(20)16-27)17-4-6-18(7-5-17)22(28)26-12-10-25(3)11-13-26/h4-9,14-16H,10-13H2,1-3H3/b21-15-. The molecular formula is C22H26N4O2. The monoisotopic (exact) mass is 378 g/mol. The Balaban J connectivity index is 1.89. The number of hydrogen-bond acceptors (Lipinski definition) is 5. The molecule has 0 saturated carbocycles. The highest BCUT2D eigenvalue weighted by molar-refractivity contribution is 5.95. The molecule has 1 aliphatic heterocycles. The summed E-state index contributed by atoms with van der Waals surface area (Å²) in [5, 5.41) is 0. The summed E-state index contributed by atoms with van der Waals surface area (Å²) >= 11 is 0. The van der Waals surface area contributed by atoms with Gasteiger partial charge >= 0.3 is 0 Å². The van der Waals surface area contributed by atoms with Crippen LogP contribution in [-0.2, 0) is 0 Å². The lowest BCUT2D eigenvalue weighted by atomic mass is 9.95. The molecule has 146 valence electrons. The number of benzene rings is 1. The maximum atomic E-state index is 12.8. The Morgan fingerprint density at radius 1 is 1.04 bits per heavy atom. The first-order valence-corrected chi connectivity index (χ1v) is 9.35. The third-order valence-electron chi connectivity index (χ3n) is 4.89. The van der Waals surface area contributed by atoms with Crippen molar-refractivity contribution in [1.29, 1.82) is 0 Å². The lowest BCUT2D eigenvalue weighted by molar-refractivity contribution is 0.0664. The van der Waals surface area contributed by atoms with Gasteiger partial charge in [-0.25, -0.2) is 0 Å². The van der Waals surface area contributed by atoms with E-state index in [1.807, 2.05) is 60.4 Å². The van der Waals surface area contributed by atoms with Crippen LogP contribution in [0.5, 0.6) is 0 Å². The van der Waals surface area contributed by atoms with Crippen molar-refractivity contribution >= 4 is 17.8 Å². The van der Waals surface area contributed by atoms with E-state index in [4.69, 9.17) is 0 Å². The smallest absolute Gasteiger partial charge is 0.253 e. The molecule has 28 heavy (non-hydrogen) atoms. The molecule has 0 atom stereocenters. The first kappa shape index (κ1) is 19.8. The molecule has 2 aromatic rings. The first-order valence-electron chi connectivity index (χ1n) is 9.35. The van der Waals surface area contributed by atoms with Crippen molar-refractivity contribution in [3.05, 3.63) is 71.2 Å². The van der Waals surface area contributed by atoms with Gasteiger partial charge in [-0.3, -0.25) is 14.6 Å². The fourth-order valence-electron chi connectivity index (χ4n) is 3.29. The van der Waals surface area contributed by atoms with Gasteiger partial charge in [0.25, 0.3) is 5.91 Å². The van der Waals surface area contributed by atoms with E-state index in [9.17, 15) is 9.59 Å². The molecule has 0 unspecified atom stereocenters. The van der Waals surface area contributed by atoms with E-state index < -0.39 is 0 Å². The molecule has 2 heterocycles. The minimum absolute atomic E-state index is 0.0651. The van der Waals surface area contributed by atoms with Crippen molar-refractivity contribution in [3.63, 3.8) is 0 Å². The number of nitrogens with zero attached hydrogens (tertiary/aromatic N) is 4. The zero-order valence-electron chi connectivity index (χ0n) is 16.6. The van der Waals surface area contributed by atoms with E-state index in [-0.39, 0.29) is 5.91 Å². The molecule has 1 aromatic heterocycles. The second-order valence-electron chi connectivity index (χ2n) is 7.26. The Kier molecular flexibility index (Phi) is 6.21. The maximum absolute atomic E-state index is 12.8. The summed E-state index contributed by atoms with van der Waals surface area (Å²) in [5.41, 5.74) is 3.89. The molecule has 0 N–H and O–H groups in total. The quantitative estimate of drug-likeness (QED) is 0.747. The first-order chi connectivity index (χ1) is 13.5. The highest BCUT2D eigenvalue weighted by Gasteiger charge is 2.20. The summed E-state index contributed by atoms with van der Waals surface area (Å²) in [5.74, 6) is 0.0651. The van der Waals surface area contributed by atoms with Crippen LogP contribution in [0.2, 0.25) is 0 Å². The zero-order valence-corrected chi connectivity index (χ0v) is 16.6. The average Bonchev–Trinajstić information content (AvgIpc) is 2.72. The molecule has 3 rings (SSSR count). The summed E-state index contributed by atoms with van der Waals surface area (Å²) in [6.07, 6.45) is 6.03. The number of carbonyl (C=O) groups excluding carboxylic acids is 2. The number of pyridine rings is 1. The number of likely N-dealkylation sites (N-methyl/N-ethyl adjacent to an activating group) is 1. The second-order valence-corrected chi connectivity index (χ2v) is 7.26. The molecule has 6 nitrogen and oxygen atoms in total. The van der Waals surface area contributed by atoms with Gasteiger partial charge in [0, 0.05) is 75.6 Å². The lowest BCUT2D eigenvalue weighted by Gasteiger charge is -2.32. The van der Waals surface area contributed by atoms with Gasteiger partial charge in [0.05, 0.1) is 0 Å². The Morgan fingerprint density at radius 3 is 2.29 bits per heavy atom. The highest BCUT2D eigenvalue weighted by Crippen LogP contribution is 2.26. The van der Waals surface area contributed by atoms with Gasteiger partial charge < -0.3 is 14.7 Å². The zero-order chi connectivity index (χ0) is 20.1. The summed E-state index contributed by atoms with van der Waals surface area (Å²) in [4.78, 5) is 34.3. The average molecular weight is 378 g/mol. The van der Waals surface area contributed by atoms with Crippen molar-refractivity contribution in [3.8, 4) is 0 Å². The van der Waals surface area contributed by atoms with Gasteiger partial charge in [0.15, 0.2) is 6.29 Å². The molecular weight excluding hydrogens is 352 g/mol. The van der Waals surface area contributed by atoms with Crippen molar-refractivity contribution in [2.75, 3.05) is 47.3 Å². The van der Waals surface area contributed by atoms with Crippen LogP contribution >= 0.6 is 0 Å². The summed E-state index contributed by atoms with van der Waals surface area (Å²) < 4.78 is 0. The Labute approximate surface area is 166 Å². The van der Waals surface area contributed by atoms with Gasteiger partial charge in [0.2, 0.25) is 0 Å². The Bertz CT molecular complexity index is 866. The number of amides is 1. The van der Waals surface area contributed by atoms with Gasteiger partial charge in [0.1, 0.15) is 0 Å². The van der Waals surface area contributed by atoms with Crippen LogP contribution < -0.4 is 0 Å². The van der Waals surface area contributed by atoms with Crippen LogP contribution in [0.3, 0.4) is 0 Å². The maximum Gasteiger partial charge on any atom is 0.253 e.